The fourth-order valence-corrected chi connectivity index (χ4v) is 3.78. The van der Waals surface area contributed by atoms with Crippen molar-refractivity contribution < 1.29 is 32.5 Å². The van der Waals surface area contributed by atoms with Crippen LogP contribution in [0.1, 0.15) is 34.8 Å². The summed E-state index contributed by atoms with van der Waals surface area (Å²) < 4.78 is 45.8. The lowest BCUT2D eigenvalue weighted by atomic mass is 10.0. The molecule has 1 atom stereocenters. The molecule has 0 radical (unpaired) electrons. The Balaban J connectivity index is 1.58. The molecule has 2 aliphatic rings. The van der Waals surface area contributed by atoms with Crippen molar-refractivity contribution in [3.05, 3.63) is 47.5 Å². The van der Waals surface area contributed by atoms with Gasteiger partial charge in [-0.05, 0) is 48.7 Å². The number of ether oxygens (including phenoxy) is 4. The van der Waals surface area contributed by atoms with Gasteiger partial charge in [0.1, 0.15) is 13.2 Å². The molecule has 0 bridgehead atoms. The van der Waals surface area contributed by atoms with E-state index in [2.05, 4.69) is 4.74 Å². The van der Waals surface area contributed by atoms with Gasteiger partial charge in [-0.25, -0.2) is 0 Å². The fraction of sp³-hybridized carbons (Fsp3) is 0.381. The summed E-state index contributed by atoms with van der Waals surface area (Å²) >= 11 is 0. The van der Waals surface area contributed by atoms with Gasteiger partial charge in [-0.15, -0.1) is 0 Å². The summed E-state index contributed by atoms with van der Waals surface area (Å²) in [4.78, 5) is 14.9. The third kappa shape index (κ3) is 3.92. The first-order valence-corrected chi connectivity index (χ1v) is 9.40. The first kappa shape index (κ1) is 19.3. The van der Waals surface area contributed by atoms with Crippen molar-refractivity contribution in [1.82, 2.24) is 4.90 Å². The van der Waals surface area contributed by atoms with Crippen LogP contribution in [-0.4, -0.2) is 44.3 Å². The number of alkyl halides is 2. The minimum atomic E-state index is -2.97. The largest absolute Gasteiger partial charge is 0.493 e. The molecular formula is C21H21F2NO5. The molecule has 0 aromatic heterocycles. The highest BCUT2D eigenvalue weighted by Gasteiger charge is 2.32. The van der Waals surface area contributed by atoms with E-state index >= 15 is 0 Å². The van der Waals surface area contributed by atoms with Crippen LogP contribution < -0.4 is 18.9 Å². The van der Waals surface area contributed by atoms with Crippen LogP contribution in [-0.2, 0) is 0 Å². The third-order valence-corrected chi connectivity index (χ3v) is 5.09. The molecule has 2 heterocycles. The first-order valence-electron chi connectivity index (χ1n) is 9.40. The molecule has 2 aromatic rings. The van der Waals surface area contributed by atoms with E-state index in [1.807, 2.05) is 18.2 Å². The second kappa shape index (κ2) is 8.14. The molecule has 0 N–H and O–H groups in total. The Labute approximate surface area is 166 Å². The Hall–Kier alpha value is -3.03. The molecule has 1 saturated heterocycles. The Kier molecular flexibility index (Phi) is 5.42. The van der Waals surface area contributed by atoms with Crippen LogP contribution in [0.4, 0.5) is 8.78 Å². The number of benzene rings is 2. The van der Waals surface area contributed by atoms with Crippen LogP contribution >= 0.6 is 0 Å². The van der Waals surface area contributed by atoms with E-state index in [9.17, 15) is 13.6 Å². The lowest BCUT2D eigenvalue weighted by Gasteiger charge is -2.27. The highest BCUT2D eigenvalue weighted by molar-refractivity contribution is 5.95. The fourth-order valence-electron chi connectivity index (χ4n) is 3.78. The number of hydrogen-bond donors (Lipinski definition) is 0. The van der Waals surface area contributed by atoms with Crippen LogP contribution in [0.3, 0.4) is 0 Å². The standard InChI is InChI=1S/C21H21F2NO5/c1-26-18-12-14(5-7-17(18)29-21(22)23)20(25)24-8-2-3-15(24)13-4-6-16-19(11-13)28-10-9-27-16/h4-7,11-12,15,21H,2-3,8-10H2,1H3/t15-/m1/s1. The average Bonchev–Trinajstić information content (AvgIpc) is 3.22. The van der Waals surface area contributed by atoms with Gasteiger partial charge in [0.05, 0.1) is 13.2 Å². The molecule has 1 fully saturated rings. The number of halogens is 2. The van der Waals surface area contributed by atoms with Crippen molar-refractivity contribution in [1.29, 1.82) is 0 Å². The Morgan fingerprint density at radius 3 is 2.66 bits per heavy atom. The number of methoxy groups -OCH3 is 1. The highest BCUT2D eigenvalue weighted by atomic mass is 19.3. The Morgan fingerprint density at radius 1 is 1.10 bits per heavy atom. The Morgan fingerprint density at radius 2 is 1.90 bits per heavy atom. The number of rotatable bonds is 5. The highest BCUT2D eigenvalue weighted by Crippen LogP contribution is 2.39. The minimum absolute atomic E-state index is 0.0891. The van der Waals surface area contributed by atoms with Gasteiger partial charge in [0.15, 0.2) is 23.0 Å². The maximum Gasteiger partial charge on any atom is 0.387 e. The van der Waals surface area contributed by atoms with E-state index in [-0.39, 0.29) is 23.4 Å². The summed E-state index contributed by atoms with van der Waals surface area (Å²) in [6.45, 7) is -1.34. The molecule has 6 nitrogen and oxygen atoms in total. The number of likely N-dealkylation sites (tertiary alicyclic amines) is 1. The monoisotopic (exact) mass is 405 g/mol. The molecule has 1 amide bonds. The molecule has 2 aliphatic heterocycles. The lowest BCUT2D eigenvalue weighted by Crippen LogP contribution is -2.30. The SMILES string of the molecule is COc1cc(C(=O)N2CCC[C@@H]2c2ccc3c(c2)OCCO3)ccc1OC(F)F. The number of hydrogen-bond acceptors (Lipinski definition) is 5. The van der Waals surface area contributed by atoms with Crippen LogP contribution in [0.15, 0.2) is 36.4 Å². The van der Waals surface area contributed by atoms with Crippen LogP contribution in [0, 0.1) is 0 Å². The number of carbonyl (C=O) groups excluding carboxylic acids is 1. The van der Waals surface area contributed by atoms with Crippen molar-refractivity contribution in [2.45, 2.75) is 25.5 Å². The van der Waals surface area contributed by atoms with Crippen LogP contribution in [0.5, 0.6) is 23.0 Å². The molecule has 154 valence electrons. The van der Waals surface area contributed by atoms with Crippen molar-refractivity contribution >= 4 is 5.91 Å². The van der Waals surface area contributed by atoms with Crippen molar-refractivity contribution in [2.24, 2.45) is 0 Å². The second-order valence-electron chi connectivity index (χ2n) is 6.80. The van der Waals surface area contributed by atoms with Gasteiger partial charge >= 0.3 is 6.61 Å². The van der Waals surface area contributed by atoms with Gasteiger partial charge in [-0.3, -0.25) is 4.79 Å². The van der Waals surface area contributed by atoms with Gasteiger partial charge in [0.2, 0.25) is 0 Å². The van der Waals surface area contributed by atoms with Gasteiger partial charge in [-0.2, -0.15) is 8.78 Å². The van der Waals surface area contributed by atoms with Crippen LogP contribution in [0.25, 0.3) is 0 Å². The molecule has 8 heteroatoms. The Bertz CT molecular complexity index is 905. The van der Waals surface area contributed by atoms with Crippen molar-refractivity contribution in [3.8, 4) is 23.0 Å². The number of amides is 1. The summed E-state index contributed by atoms with van der Waals surface area (Å²) in [5.41, 5.74) is 1.33. The zero-order valence-corrected chi connectivity index (χ0v) is 15.9. The van der Waals surface area contributed by atoms with Gasteiger partial charge < -0.3 is 23.8 Å². The average molecular weight is 405 g/mol. The summed E-state index contributed by atoms with van der Waals surface area (Å²) in [7, 11) is 1.34. The third-order valence-electron chi connectivity index (χ3n) is 5.09. The molecule has 0 aliphatic carbocycles. The minimum Gasteiger partial charge on any atom is -0.493 e. The van der Waals surface area contributed by atoms with Gasteiger partial charge in [0.25, 0.3) is 5.91 Å². The lowest BCUT2D eigenvalue weighted by molar-refractivity contribution is -0.0512. The van der Waals surface area contributed by atoms with Crippen molar-refractivity contribution in [3.63, 3.8) is 0 Å². The predicted octanol–water partition coefficient (Wildman–Crippen LogP) is 4.05. The molecule has 29 heavy (non-hydrogen) atoms. The zero-order chi connectivity index (χ0) is 20.4. The summed E-state index contributed by atoms with van der Waals surface area (Å²) in [6.07, 6.45) is 1.70. The van der Waals surface area contributed by atoms with Gasteiger partial charge in [0, 0.05) is 12.1 Å². The van der Waals surface area contributed by atoms with Gasteiger partial charge in [-0.1, -0.05) is 6.07 Å². The smallest absolute Gasteiger partial charge is 0.387 e. The molecule has 2 aromatic carbocycles. The molecule has 4 rings (SSSR count). The van der Waals surface area contributed by atoms with Crippen molar-refractivity contribution in [2.75, 3.05) is 26.9 Å². The zero-order valence-electron chi connectivity index (χ0n) is 15.9. The number of fused-ring (bicyclic) bond motifs is 1. The van der Waals surface area contributed by atoms with Crippen LogP contribution in [0.2, 0.25) is 0 Å². The predicted molar refractivity (Wildman–Crippen MR) is 100 cm³/mol. The summed E-state index contributed by atoms with van der Waals surface area (Å²) in [5, 5.41) is 0. The second-order valence-corrected chi connectivity index (χ2v) is 6.80. The first-order chi connectivity index (χ1) is 14.1. The quantitative estimate of drug-likeness (QED) is 0.751. The van der Waals surface area contributed by atoms with E-state index in [1.54, 1.807) is 4.90 Å². The summed E-state index contributed by atoms with van der Waals surface area (Å²) in [5.74, 6) is 1.18. The summed E-state index contributed by atoms with van der Waals surface area (Å²) in [6, 6.07) is 9.87. The topological polar surface area (TPSA) is 57.2 Å². The van der Waals surface area contributed by atoms with E-state index in [0.29, 0.717) is 36.8 Å². The molecular weight excluding hydrogens is 384 g/mol. The molecule has 0 saturated carbocycles. The number of nitrogens with zero attached hydrogens (tertiary/aromatic N) is 1. The van der Waals surface area contributed by atoms with E-state index < -0.39 is 6.61 Å². The molecule has 0 spiro atoms. The number of carbonyl (C=O) groups is 1. The van der Waals surface area contributed by atoms with E-state index in [0.717, 1.165) is 18.4 Å². The van der Waals surface area contributed by atoms with E-state index in [4.69, 9.17) is 14.2 Å². The van der Waals surface area contributed by atoms with E-state index in [1.165, 1.54) is 25.3 Å². The maximum absolute atomic E-state index is 13.1. The maximum atomic E-state index is 13.1. The normalized spacial score (nSPS) is 18.1. The molecule has 0 unspecified atom stereocenters.